The second-order valence-corrected chi connectivity index (χ2v) is 6.15. The zero-order valence-electron chi connectivity index (χ0n) is 12.4. The molecular weight excluding hydrogens is 401 g/mol. The average molecular weight is 420 g/mol. The number of benzene rings is 1. The Morgan fingerprint density at radius 1 is 1.43 bits per heavy atom. The van der Waals surface area contributed by atoms with Crippen LogP contribution in [0, 0.1) is 3.57 Å². The van der Waals surface area contributed by atoms with E-state index < -0.39 is 0 Å². The molecule has 1 aromatic carbocycles. The molecule has 0 spiro atoms. The van der Waals surface area contributed by atoms with E-state index in [0.29, 0.717) is 0 Å². The predicted molar refractivity (Wildman–Crippen MR) is 94.1 cm³/mol. The molecule has 1 atom stereocenters. The first-order chi connectivity index (χ1) is 10.1. The fraction of sp³-hybridized carbons (Fsp3) is 0.400. The minimum Gasteiger partial charge on any atom is -0.493 e. The lowest BCUT2D eigenvalue weighted by molar-refractivity contribution is 0.399. The van der Waals surface area contributed by atoms with Crippen LogP contribution in [0.15, 0.2) is 24.4 Å². The third-order valence-corrected chi connectivity index (χ3v) is 4.90. The predicted octanol–water partition coefficient (Wildman–Crippen LogP) is 3.87. The van der Waals surface area contributed by atoms with E-state index in [2.05, 4.69) is 52.9 Å². The maximum atomic E-state index is 6.28. The molecule has 0 fully saturated rings. The Balaban J connectivity index is 2.52. The fourth-order valence-corrected chi connectivity index (χ4v) is 2.87. The van der Waals surface area contributed by atoms with Gasteiger partial charge in [0.05, 0.1) is 24.4 Å². The normalized spacial score (nSPS) is 12.4. The van der Waals surface area contributed by atoms with Crippen molar-refractivity contribution in [2.45, 2.75) is 26.4 Å². The summed E-state index contributed by atoms with van der Waals surface area (Å²) in [6.45, 7) is 5.78. The summed E-state index contributed by atoms with van der Waals surface area (Å²) in [5.74, 6) is 0.789. The van der Waals surface area contributed by atoms with Crippen LogP contribution in [-0.4, -0.2) is 23.4 Å². The summed E-state index contributed by atoms with van der Waals surface area (Å²) in [7, 11) is 1.67. The van der Waals surface area contributed by atoms with Crippen LogP contribution in [0.2, 0.25) is 5.02 Å². The molecule has 0 saturated heterocycles. The highest BCUT2D eigenvalue weighted by Gasteiger charge is 2.23. The van der Waals surface area contributed by atoms with Gasteiger partial charge in [-0.2, -0.15) is 5.10 Å². The Labute approximate surface area is 144 Å². The number of ether oxygens (including phenoxy) is 1. The molecular formula is C15H19ClIN3O. The molecule has 0 aliphatic heterocycles. The molecule has 0 aliphatic rings. The van der Waals surface area contributed by atoms with E-state index in [1.165, 1.54) is 0 Å². The van der Waals surface area contributed by atoms with Crippen molar-refractivity contribution in [1.82, 2.24) is 15.1 Å². The molecule has 0 radical (unpaired) electrons. The quantitative estimate of drug-likeness (QED) is 0.723. The molecule has 114 valence electrons. The molecule has 1 aromatic heterocycles. The molecule has 1 heterocycles. The molecule has 1 unspecified atom stereocenters. The number of aryl methyl sites for hydroxylation is 1. The maximum Gasteiger partial charge on any atom is 0.161 e. The van der Waals surface area contributed by atoms with Gasteiger partial charge in [-0.25, -0.2) is 0 Å². The Morgan fingerprint density at radius 2 is 2.19 bits per heavy atom. The van der Waals surface area contributed by atoms with E-state index in [9.17, 15) is 0 Å². The third-order valence-electron chi connectivity index (χ3n) is 3.32. The van der Waals surface area contributed by atoms with Gasteiger partial charge >= 0.3 is 0 Å². The summed E-state index contributed by atoms with van der Waals surface area (Å²) in [5.41, 5.74) is 2.13. The van der Waals surface area contributed by atoms with Gasteiger partial charge in [-0.1, -0.05) is 24.6 Å². The summed E-state index contributed by atoms with van der Waals surface area (Å²) in [5, 5.41) is 8.65. The SMILES string of the molecule is CCNC(c1ccc(I)c(Cl)c1)c1c(OC)cnn1CC. The number of nitrogens with one attached hydrogen (secondary N) is 1. The minimum absolute atomic E-state index is 0.00176. The van der Waals surface area contributed by atoms with Crippen LogP contribution in [0.5, 0.6) is 5.75 Å². The van der Waals surface area contributed by atoms with Gasteiger partial charge in [0, 0.05) is 10.1 Å². The zero-order valence-corrected chi connectivity index (χ0v) is 15.3. The van der Waals surface area contributed by atoms with Crippen LogP contribution in [0.1, 0.15) is 31.1 Å². The molecule has 1 N–H and O–H groups in total. The highest BCUT2D eigenvalue weighted by atomic mass is 127. The van der Waals surface area contributed by atoms with Crippen molar-refractivity contribution in [2.24, 2.45) is 0 Å². The number of halogens is 2. The average Bonchev–Trinajstić information content (AvgIpc) is 2.90. The second kappa shape index (κ2) is 7.47. The van der Waals surface area contributed by atoms with Crippen molar-refractivity contribution in [3.05, 3.63) is 44.2 Å². The topological polar surface area (TPSA) is 39.1 Å². The van der Waals surface area contributed by atoms with E-state index >= 15 is 0 Å². The minimum atomic E-state index is 0.00176. The van der Waals surface area contributed by atoms with Gasteiger partial charge < -0.3 is 10.1 Å². The van der Waals surface area contributed by atoms with Crippen LogP contribution in [0.25, 0.3) is 0 Å². The number of aromatic nitrogens is 2. The fourth-order valence-electron chi connectivity index (χ4n) is 2.35. The second-order valence-electron chi connectivity index (χ2n) is 4.58. The number of rotatable bonds is 6. The monoisotopic (exact) mass is 419 g/mol. The van der Waals surface area contributed by atoms with Gasteiger partial charge in [0.15, 0.2) is 5.75 Å². The Bertz CT molecular complexity index is 593. The van der Waals surface area contributed by atoms with Crippen molar-refractivity contribution in [3.63, 3.8) is 0 Å². The van der Waals surface area contributed by atoms with E-state index in [1.807, 2.05) is 16.8 Å². The van der Waals surface area contributed by atoms with Gasteiger partial charge in [-0.15, -0.1) is 0 Å². The lowest BCUT2D eigenvalue weighted by Crippen LogP contribution is -2.25. The summed E-state index contributed by atoms with van der Waals surface area (Å²) >= 11 is 8.51. The largest absolute Gasteiger partial charge is 0.493 e. The van der Waals surface area contributed by atoms with Gasteiger partial charge in [0.1, 0.15) is 5.69 Å². The smallest absolute Gasteiger partial charge is 0.161 e. The molecule has 0 aliphatic carbocycles. The molecule has 0 amide bonds. The molecule has 2 aromatic rings. The number of methoxy groups -OCH3 is 1. The number of nitrogens with zero attached hydrogens (tertiary/aromatic N) is 2. The first kappa shape index (κ1) is 16.6. The summed E-state index contributed by atoms with van der Waals surface area (Å²) in [4.78, 5) is 0. The standard InChI is InChI=1S/C15H19ClIN3O/c1-4-18-14(10-6-7-12(17)11(16)8-10)15-13(21-3)9-19-20(15)5-2/h6-9,14,18H,4-5H2,1-3H3. The molecule has 2 rings (SSSR count). The van der Waals surface area contributed by atoms with Crippen molar-refractivity contribution in [3.8, 4) is 5.75 Å². The lowest BCUT2D eigenvalue weighted by Gasteiger charge is -2.21. The molecule has 0 saturated carbocycles. The first-order valence-corrected chi connectivity index (χ1v) is 8.36. The Kier molecular flexibility index (Phi) is 5.89. The maximum absolute atomic E-state index is 6.28. The van der Waals surface area contributed by atoms with Crippen LogP contribution in [0.4, 0.5) is 0 Å². The Hall–Kier alpha value is -0.790. The third kappa shape index (κ3) is 3.52. The highest BCUT2D eigenvalue weighted by Crippen LogP contribution is 2.32. The van der Waals surface area contributed by atoms with Crippen molar-refractivity contribution in [1.29, 1.82) is 0 Å². The van der Waals surface area contributed by atoms with E-state index in [0.717, 1.165) is 38.7 Å². The number of hydrogen-bond donors (Lipinski definition) is 1. The van der Waals surface area contributed by atoms with Gasteiger partial charge in [0.25, 0.3) is 0 Å². The summed E-state index contributed by atoms with van der Waals surface area (Å²) in [6.07, 6.45) is 1.76. The van der Waals surface area contributed by atoms with Gasteiger partial charge in [-0.3, -0.25) is 4.68 Å². The Morgan fingerprint density at radius 3 is 2.76 bits per heavy atom. The summed E-state index contributed by atoms with van der Waals surface area (Å²) in [6, 6.07) is 6.12. The molecule has 21 heavy (non-hydrogen) atoms. The van der Waals surface area contributed by atoms with E-state index in [-0.39, 0.29) is 6.04 Å². The van der Waals surface area contributed by atoms with Crippen molar-refractivity contribution >= 4 is 34.2 Å². The van der Waals surface area contributed by atoms with Crippen LogP contribution >= 0.6 is 34.2 Å². The van der Waals surface area contributed by atoms with Crippen LogP contribution in [0.3, 0.4) is 0 Å². The van der Waals surface area contributed by atoms with Gasteiger partial charge in [-0.05, 0) is 53.8 Å². The van der Waals surface area contributed by atoms with E-state index in [1.54, 1.807) is 13.3 Å². The highest BCUT2D eigenvalue weighted by molar-refractivity contribution is 14.1. The van der Waals surface area contributed by atoms with E-state index in [4.69, 9.17) is 16.3 Å². The summed E-state index contributed by atoms with van der Waals surface area (Å²) < 4.78 is 8.47. The van der Waals surface area contributed by atoms with Crippen LogP contribution < -0.4 is 10.1 Å². The molecule has 4 nitrogen and oxygen atoms in total. The van der Waals surface area contributed by atoms with Crippen molar-refractivity contribution < 1.29 is 4.74 Å². The molecule has 6 heteroatoms. The van der Waals surface area contributed by atoms with Crippen molar-refractivity contribution in [2.75, 3.05) is 13.7 Å². The lowest BCUT2D eigenvalue weighted by atomic mass is 10.0. The zero-order chi connectivity index (χ0) is 15.4. The molecule has 0 bridgehead atoms. The first-order valence-electron chi connectivity index (χ1n) is 6.90. The van der Waals surface area contributed by atoms with Crippen LogP contribution in [-0.2, 0) is 6.54 Å². The number of hydrogen-bond acceptors (Lipinski definition) is 3. The van der Waals surface area contributed by atoms with Gasteiger partial charge in [0.2, 0.25) is 0 Å².